The van der Waals surface area contributed by atoms with E-state index in [0.717, 1.165) is 57.3 Å². The number of aromatic amines is 1. The van der Waals surface area contributed by atoms with E-state index in [4.69, 9.17) is 9.47 Å². The Balaban J connectivity index is 0.809. The number of ether oxygens (including phenoxy) is 2. The van der Waals surface area contributed by atoms with Gasteiger partial charge in [0.05, 0.1) is 43.9 Å². The quantitative estimate of drug-likeness (QED) is 0.0647. The molecule has 0 unspecified atom stereocenters. The number of nitrogens with one attached hydrogen (secondary N) is 3. The van der Waals surface area contributed by atoms with Crippen molar-refractivity contribution in [3.8, 4) is 17.2 Å². The molecule has 5 fully saturated rings. The summed E-state index contributed by atoms with van der Waals surface area (Å²) in [7, 11) is -8.08. The van der Waals surface area contributed by atoms with Crippen molar-refractivity contribution in [2.24, 2.45) is 11.3 Å². The summed E-state index contributed by atoms with van der Waals surface area (Å²) in [5, 5.41) is 26.0. The highest BCUT2D eigenvalue weighted by atomic mass is 32.2. The fourth-order valence-corrected chi connectivity index (χ4v) is 15.1. The van der Waals surface area contributed by atoms with Crippen molar-refractivity contribution in [1.82, 2.24) is 23.9 Å². The predicted molar refractivity (Wildman–Crippen MR) is 276 cm³/mol. The standard InChI is InChI=1S/C53H63FN8O10S2/c1-32(2)38-6-4-5-7-39(38)42-28-61(74(69,70)36-9-10-36)19-14-45(42)60-30-53(31-60)17-20-59(21-18-53)34-8-11-40(47(22-34)72-35-23-41-43(54)27-56-50(41)55-26-35)51(63)58-73(67,68)37-24-46(62(65)66)49-48(25-37)71-29-44(57-49)33-12-15-52(3,64)16-13-33/h4-8,11,22-27,32-33,36,42,44-45,57,64H,9-10,12-21,28-31H2,1-3H3,(H,55,56)(H,58,63)/t33?,42-,44-,45-,52?/m1/s1. The van der Waals surface area contributed by atoms with Crippen LogP contribution in [0.5, 0.6) is 17.2 Å². The normalized spacial score (nSPS) is 25.5. The topological polar surface area (TPSA) is 230 Å². The third kappa shape index (κ3) is 9.69. The van der Waals surface area contributed by atoms with Crippen LogP contribution in [0.3, 0.4) is 0 Å². The van der Waals surface area contributed by atoms with Crippen LogP contribution in [0.25, 0.3) is 11.0 Å². The van der Waals surface area contributed by atoms with Gasteiger partial charge in [0.1, 0.15) is 29.6 Å². The van der Waals surface area contributed by atoms with Gasteiger partial charge in [0.2, 0.25) is 10.0 Å². The van der Waals surface area contributed by atoms with Crippen molar-refractivity contribution in [2.75, 3.05) is 56.1 Å². The number of piperidine rings is 2. The number of amides is 1. The number of hydrogen-bond donors (Lipinski definition) is 4. The van der Waals surface area contributed by atoms with Crippen LogP contribution in [0.15, 0.2) is 78.0 Å². The third-order valence-electron chi connectivity index (χ3n) is 16.7. The maximum Gasteiger partial charge on any atom is 0.297 e. The van der Waals surface area contributed by atoms with Gasteiger partial charge in [-0.05, 0) is 111 Å². The summed E-state index contributed by atoms with van der Waals surface area (Å²) in [4.78, 5) is 37.1. The number of anilines is 2. The van der Waals surface area contributed by atoms with Gasteiger partial charge in [-0.1, -0.05) is 38.1 Å². The number of H-pyrrole nitrogens is 1. The minimum atomic E-state index is -4.75. The molecule has 6 aliphatic rings. The lowest BCUT2D eigenvalue weighted by atomic mass is 9.69. The van der Waals surface area contributed by atoms with Gasteiger partial charge >= 0.3 is 0 Å². The second-order valence-corrected chi connectivity index (χ2v) is 26.0. The maximum atomic E-state index is 14.7. The molecular formula is C53H63FN8O10S2. The Morgan fingerprint density at radius 1 is 0.986 bits per heavy atom. The van der Waals surface area contributed by atoms with E-state index in [1.807, 2.05) is 0 Å². The van der Waals surface area contributed by atoms with E-state index < -0.39 is 52.9 Å². The number of nitrogens with zero attached hydrogens (tertiary/aromatic N) is 5. The summed E-state index contributed by atoms with van der Waals surface area (Å²) >= 11 is 0. The maximum absolute atomic E-state index is 14.7. The Labute approximate surface area is 430 Å². The molecule has 0 radical (unpaired) electrons. The number of carbonyl (C=O) groups is 1. The summed E-state index contributed by atoms with van der Waals surface area (Å²) in [5.74, 6) is -1.20. The lowest BCUT2D eigenvalue weighted by molar-refractivity contribution is -0.384. The number of rotatable bonds is 13. The van der Waals surface area contributed by atoms with E-state index in [9.17, 15) is 41.2 Å². The number of pyridine rings is 1. The van der Waals surface area contributed by atoms with Crippen LogP contribution in [0, 0.1) is 27.3 Å². The summed E-state index contributed by atoms with van der Waals surface area (Å²) in [6.45, 7) is 10.5. The minimum absolute atomic E-state index is 0.0237. The van der Waals surface area contributed by atoms with Gasteiger partial charge in [0.15, 0.2) is 11.4 Å². The van der Waals surface area contributed by atoms with Crippen LogP contribution in [-0.4, -0.2) is 121 Å². The molecule has 0 bridgehead atoms. The Kier molecular flexibility index (Phi) is 12.9. The van der Waals surface area contributed by atoms with E-state index in [-0.39, 0.29) is 80.7 Å². The largest absolute Gasteiger partial charge is 0.489 e. The van der Waals surface area contributed by atoms with Gasteiger partial charge in [0.25, 0.3) is 21.6 Å². The molecule has 3 atom stereocenters. The number of carbonyl (C=O) groups excluding carboxylic acids is 1. The van der Waals surface area contributed by atoms with Crippen molar-refractivity contribution in [2.45, 2.75) is 118 Å². The fraction of sp³-hybridized carbons (Fsp3) is 0.509. The number of likely N-dealkylation sites (tertiary alicyclic amines) is 1. The van der Waals surface area contributed by atoms with Crippen LogP contribution in [-0.2, 0) is 20.0 Å². The Morgan fingerprint density at radius 2 is 1.73 bits per heavy atom. The molecular weight excluding hydrogens is 992 g/mol. The monoisotopic (exact) mass is 1050 g/mol. The van der Waals surface area contributed by atoms with E-state index in [0.29, 0.717) is 63.5 Å². The highest BCUT2D eigenvalue weighted by Gasteiger charge is 2.51. The van der Waals surface area contributed by atoms with Crippen LogP contribution in [0.2, 0.25) is 0 Å². The molecule has 11 rings (SSSR count). The SMILES string of the molecule is CC(C)c1ccccc1[C@H]1CN(S(=O)(=O)C2CC2)CC[C@H]1N1CC2(CCN(c3ccc(C(=O)NS(=O)(=O)c4cc5c(c([N+](=O)[O-])c4)N[C@@H](C4CCC(C)(O)CC4)CO5)c(Oc4cnc5[nH]cc(F)c5c4)c3)CC2)C1. The number of benzene rings is 3. The summed E-state index contributed by atoms with van der Waals surface area (Å²) in [6.07, 6.45) is 9.04. The van der Waals surface area contributed by atoms with Gasteiger partial charge in [-0.15, -0.1) is 0 Å². The van der Waals surface area contributed by atoms with Crippen LogP contribution >= 0.6 is 0 Å². The molecule has 6 heterocycles. The molecule has 21 heteroatoms. The lowest BCUT2D eigenvalue weighted by Gasteiger charge is -2.59. The van der Waals surface area contributed by atoms with Gasteiger partial charge in [-0.25, -0.2) is 35.2 Å². The first-order chi connectivity index (χ1) is 35.3. The van der Waals surface area contributed by atoms with E-state index >= 15 is 0 Å². The molecule has 1 amide bonds. The van der Waals surface area contributed by atoms with E-state index in [1.54, 1.807) is 23.4 Å². The van der Waals surface area contributed by atoms with Gasteiger partial charge in [-0.3, -0.25) is 19.8 Å². The second kappa shape index (κ2) is 19.1. The Hall–Kier alpha value is -5.87. The molecule has 1 spiro atoms. The summed E-state index contributed by atoms with van der Waals surface area (Å²) < 4.78 is 86.0. The molecule has 18 nitrogen and oxygen atoms in total. The highest BCUT2D eigenvalue weighted by molar-refractivity contribution is 7.90. The molecule has 5 aromatic rings. The van der Waals surface area contributed by atoms with Crippen molar-refractivity contribution >= 4 is 54.0 Å². The molecule has 2 aliphatic carbocycles. The van der Waals surface area contributed by atoms with Gasteiger partial charge < -0.3 is 29.8 Å². The van der Waals surface area contributed by atoms with Gasteiger partial charge in [0, 0.05) is 81.3 Å². The molecule has 4 N–H and O–H groups in total. The third-order valence-corrected chi connectivity index (χ3v) is 20.4. The zero-order valence-electron chi connectivity index (χ0n) is 41.8. The number of halogens is 1. The average Bonchev–Trinajstić information content (AvgIpc) is 4.18. The molecule has 3 aromatic carbocycles. The number of aromatic nitrogens is 2. The lowest BCUT2D eigenvalue weighted by Crippen LogP contribution is -2.65. The van der Waals surface area contributed by atoms with Crippen LogP contribution in [0.4, 0.5) is 21.5 Å². The highest BCUT2D eigenvalue weighted by Crippen LogP contribution is 2.48. The number of sulfonamides is 2. The first kappa shape index (κ1) is 50.3. The van der Waals surface area contributed by atoms with Crippen LogP contribution < -0.4 is 24.4 Å². The first-order valence-corrected chi connectivity index (χ1v) is 28.8. The molecule has 4 aliphatic heterocycles. The van der Waals surface area contributed by atoms with Crippen molar-refractivity contribution in [3.05, 3.63) is 106 Å². The Morgan fingerprint density at radius 3 is 2.45 bits per heavy atom. The molecule has 3 saturated heterocycles. The number of nitro benzene ring substituents is 1. The number of aliphatic hydroxyl groups is 1. The minimum Gasteiger partial charge on any atom is -0.489 e. The molecule has 2 aromatic heterocycles. The van der Waals surface area contributed by atoms with Crippen molar-refractivity contribution < 1.29 is 45.5 Å². The Bertz CT molecular complexity index is 3230. The molecule has 74 heavy (non-hydrogen) atoms. The predicted octanol–water partition coefficient (Wildman–Crippen LogP) is 8.01. The second-order valence-electron chi connectivity index (χ2n) is 22.1. The number of fused-ring (bicyclic) bond motifs is 2. The zero-order chi connectivity index (χ0) is 51.9. The van der Waals surface area contributed by atoms with E-state index in [1.165, 1.54) is 35.7 Å². The van der Waals surface area contributed by atoms with E-state index in [2.05, 4.69) is 67.9 Å². The van der Waals surface area contributed by atoms with Gasteiger partial charge in [-0.2, -0.15) is 0 Å². The smallest absolute Gasteiger partial charge is 0.297 e. The number of hydrogen-bond acceptors (Lipinski definition) is 14. The number of nitro groups is 1. The summed E-state index contributed by atoms with van der Waals surface area (Å²) in [6, 6.07) is 16.7. The fourth-order valence-electron chi connectivity index (χ4n) is 12.2. The van der Waals surface area contributed by atoms with Crippen LogP contribution in [0.1, 0.15) is 112 Å². The average molecular weight is 1060 g/mol. The first-order valence-electron chi connectivity index (χ1n) is 25.8. The molecule has 394 valence electrons. The zero-order valence-corrected chi connectivity index (χ0v) is 43.4. The van der Waals surface area contributed by atoms with Crippen molar-refractivity contribution in [3.63, 3.8) is 0 Å². The summed E-state index contributed by atoms with van der Waals surface area (Å²) in [5.41, 5.74) is 2.12. The molecule has 2 saturated carbocycles. The van der Waals surface area contributed by atoms with Crippen molar-refractivity contribution in [1.29, 1.82) is 0 Å².